The average molecular weight is 247 g/mol. The number of nitrogens with two attached hydrogens (primary N) is 1. The normalized spacial score (nSPS) is 13.0. The maximum Gasteiger partial charge on any atom is 0.293 e. The summed E-state index contributed by atoms with van der Waals surface area (Å²) in [7, 11) is 1.60. The van der Waals surface area contributed by atoms with Gasteiger partial charge in [-0.05, 0) is 6.92 Å². The molecule has 0 spiro atoms. The summed E-state index contributed by atoms with van der Waals surface area (Å²) in [6.45, 7) is 2.35. The Labute approximate surface area is 99.0 Å². The lowest BCUT2D eigenvalue weighted by Gasteiger charge is -2.11. The standard InChI is InChI=1S/C9H17N3O3S/c1-7(14)8(15-6-13)5-16-4-3-12-9(10)11-2/h6,8H,3-5H2,1-2H3,(H3,10,11,12). The van der Waals surface area contributed by atoms with Crippen molar-refractivity contribution in [3.63, 3.8) is 0 Å². The number of rotatable bonds is 8. The van der Waals surface area contributed by atoms with E-state index >= 15 is 0 Å². The molecule has 92 valence electrons. The summed E-state index contributed by atoms with van der Waals surface area (Å²) >= 11 is 1.50. The van der Waals surface area contributed by atoms with Crippen LogP contribution in [0.4, 0.5) is 0 Å². The first kappa shape index (κ1) is 14.8. The van der Waals surface area contributed by atoms with Gasteiger partial charge in [-0.2, -0.15) is 11.8 Å². The number of Topliss-reactive ketones (excluding diaryl/α,β-unsaturated/α-hetero) is 1. The van der Waals surface area contributed by atoms with Crippen LogP contribution in [-0.2, 0) is 14.3 Å². The summed E-state index contributed by atoms with van der Waals surface area (Å²) < 4.78 is 4.63. The zero-order valence-corrected chi connectivity index (χ0v) is 10.3. The second-order valence-corrected chi connectivity index (χ2v) is 4.09. The van der Waals surface area contributed by atoms with Gasteiger partial charge in [-0.1, -0.05) is 0 Å². The molecule has 1 unspecified atom stereocenters. The number of nitrogens with zero attached hydrogens (tertiary/aromatic N) is 1. The highest BCUT2D eigenvalue weighted by atomic mass is 32.2. The number of ketones is 1. The molecule has 0 aliphatic heterocycles. The van der Waals surface area contributed by atoms with Crippen molar-refractivity contribution >= 4 is 30.0 Å². The quantitative estimate of drug-likeness (QED) is 0.257. The molecule has 0 aromatic rings. The topological polar surface area (TPSA) is 93.8 Å². The molecule has 0 saturated carbocycles. The van der Waals surface area contributed by atoms with Crippen LogP contribution in [0.1, 0.15) is 6.92 Å². The van der Waals surface area contributed by atoms with Gasteiger partial charge in [0.1, 0.15) is 0 Å². The molecule has 0 aromatic carbocycles. The second-order valence-electron chi connectivity index (χ2n) is 2.94. The fraction of sp³-hybridized carbons (Fsp3) is 0.667. The minimum absolute atomic E-state index is 0.151. The van der Waals surface area contributed by atoms with E-state index in [4.69, 9.17) is 5.73 Å². The molecule has 0 aromatic heterocycles. The highest BCUT2D eigenvalue weighted by Gasteiger charge is 2.14. The molecule has 0 rings (SSSR count). The zero-order valence-electron chi connectivity index (χ0n) is 9.43. The number of hydrogen-bond donors (Lipinski definition) is 2. The maximum atomic E-state index is 11.0. The Kier molecular flexibility index (Phi) is 8.32. The lowest BCUT2D eigenvalue weighted by atomic mass is 10.3. The number of carbonyl (C=O) groups is 2. The molecule has 7 heteroatoms. The van der Waals surface area contributed by atoms with Crippen LogP contribution in [-0.4, -0.2) is 49.4 Å². The van der Waals surface area contributed by atoms with Crippen LogP contribution < -0.4 is 11.1 Å². The van der Waals surface area contributed by atoms with Crippen molar-refractivity contribution in [3.8, 4) is 0 Å². The molecule has 0 aliphatic rings. The van der Waals surface area contributed by atoms with Gasteiger partial charge in [-0.25, -0.2) is 0 Å². The number of carbonyl (C=O) groups excluding carboxylic acids is 2. The van der Waals surface area contributed by atoms with Gasteiger partial charge in [0.2, 0.25) is 0 Å². The lowest BCUT2D eigenvalue weighted by Crippen LogP contribution is -2.33. The molecule has 0 bridgehead atoms. The van der Waals surface area contributed by atoms with Crippen molar-refractivity contribution < 1.29 is 14.3 Å². The summed E-state index contributed by atoms with van der Waals surface area (Å²) in [5.74, 6) is 1.44. The first-order chi connectivity index (χ1) is 7.61. The summed E-state index contributed by atoms with van der Waals surface area (Å²) in [4.78, 5) is 24.8. The predicted octanol–water partition coefficient (Wildman–Crippen LogP) is -0.616. The molecule has 3 N–H and O–H groups in total. The number of aliphatic imine (C=N–C) groups is 1. The molecular formula is C9H17N3O3S. The minimum atomic E-state index is -0.653. The van der Waals surface area contributed by atoms with E-state index in [0.29, 0.717) is 24.7 Å². The highest BCUT2D eigenvalue weighted by molar-refractivity contribution is 7.99. The van der Waals surface area contributed by atoms with Crippen molar-refractivity contribution in [2.45, 2.75) is 13.0 Å². The second kappa shape index (κ2) is 9.02. The highest BCUT2D eigenvalue weighted by Crippen LogP contribution is 2.05. The van der Waals surface area contributed by atoms with E-state index in [2.05, 4.69) is 15.0 Å². The van der Waals surface area contributed by atoms with E-state index in [1.807, 2.05) is 0 Å². The Bertz CT molecular complexity index is 258. The first-order valence-electron chi connectivity index (χ1n) is 4.75. The smallest absolute Gasteiger partial charge is 0.293 e. The molecule has 0 heterocycles. The minimum Gasteiger partial charge on any atom is -0.456 e. The summed E-state index contributed by atoms with van der Waals surface area (Å²) in [6.07, 6.45) is -0.653. The molecule has 0 saturated heterocycles. The van der Waals surface area contributed by atoms with Gasteiger partial charge in [0, 0.05) is 25.1 Å². The Morgan fingerprint density at radius 1 is 1.69 bits per heavy atom. The third-order valence-electron chi connectivity index (χ3n) is 1.74. The molecule has 0 radical (unpaired) electrons. The van der Waals surface area contributed by atoms with Crippen molar-refractivity contribution in [2.75, 3.05) is 25.1 Å². The van der Waals surface area contributed by atoms with E-state index in [-0.39, 0.29) is 5.78 Å². The average Bonchev–Trinajstić information content (AvgIpc) is 2.26. The van der Waals surface area contributed by atoms with E-state index in [0.717, 1.165) is 5.75 Å². The number of nitrogens with one attached hydrogen (secondary N) is 1. The van der Waals surface area contributed by atoms with Gasteiger partial charge in [0.05, 0.1) is 0 Å². The lowest BCUT2D eigenvalue weighted by molar-refractivity contribution is -0.141. The number of thioether (sulfide) groups is 1. The van der Waals surface area contributed by atoms with Crippen LogP contribution in [0.3, 0.4) is 0 Å². The van der Waals surface area contributed by atoms with Gasteiger partial charge in [-0.3, -0.25) is 14.6 Å². The maximum absolute atomic E-state index is 11.0. The van der Waals surface area contributed by atoms with Gasteiger partial charge >= 0.3 is 0 Å². The molecular weight excluding hydrogens is 230 g/mol. The molecule has 16 heavy (non-hydrogen) atoms. The Hall–Kier alpha value is -1.24. The van der Waals surface area contributed by atoms with E-state index in [1.165, 1.54) is 18.7 Å². The molecule has 6 nitrogen and oxygen atoms in total. The molecule has 0 amide bonds. The van der Waals surface area contributed by atoms with Crippen LogP contribution in [0, 0.1) is 0 Å². The Balaban J connectivity index is 3.62. The predicted molar refractivity (Wildman–Crippen MR) is 64.5 cm³/mol. The Morgan fingerprint density at radius 3 is 2.88 bits per heavy atom. The van der Waals surface area contributed by atoms with Crippen LogP contribution >= 0.6 is 11.8 Å². The van der Waals surface area contributed by atoms with Crippen LogP contribution in [0.2, 0.25) is 0 Å². The van der Waals surface area contributed by atoms with E-state index in [1.54, 1.807) is 7.05 Å². The molecule has 0 aliphatic carbocycles. The summed E-state index contributed by atoms with van der Waals surface area (Å²) in [5, 5.41) is 2.88. The van der Waals surface area contributed by atoms with Crippen LogP contribution in [0.25, 0.3) is 0 Å². The van der Waals surface area contributed by atoms with Crippen molar-refractivity contribution in [1.29, 1.82) is 0 Å². The van der Waals surface area contributed by atoms with E-state index < -0.39 is 6.10 Å². The van der Waals surface area contributed by atoms with Gasteiger partial charge < -0.3 is 15.8 Å². The third-order valence-corrected chi connectivity index (χ3v) is 2.77. The van der Waals surface area contributed by atoms with Crippen LogP contribution in [0.15, 0.2) is 4.99 Å². The van der Waals surface area contributed by atoms with Crippen molar-refractivity contribution in [1.82, 2.24) is 5.32 Å². The van der Waals surface area contributed by atoms with E-state index in [9.17, 15) is 9.59 Å². The summed E-state index contributed by atoms with van der Waals surface area (Å²) in [6, 6.07) is 0. The van der Waals surface area contributed by atoms with Crippen molar-refractivity contribution in [3.05, 3.63) is 0 Å². The number of hydrogen-bond acceptors (Lipinski definition) is 5. The largest absolute Gasteiger partial charge is 0.456 e. The SMILES string of the molecule is CN=C(N)NCCSCC(OC=O)C(C)=O. The number of ether oxygens (including phenoxy) is 1. The first-order valence-corrected chi connectivity index (χ1v) is 5.90. The number of guanidine groups is 1. The van der Waals surface area contributed by atoms with Gasteiger partial charge in [0.25, 0.3) is 6.47 Å². The summed E-state index contributed by atoms with van der Waals surface area (Å²) in [5.41, 5.74) is 5.42. The fourth-order valence-corrected chi connectivity index (χ4v) is 1.78. The van der Waals surface area contributed by atoms with Gasteiger partial charge in [-0.15, -0.1) is 0 Å². The zero-order chi connectivity index (χ0) is 12.4. The van der Waals surface area contributed by atoms with Gasteiger partial charge in [0.15, 0.2) is 17.8 Å². The molecule has 0 fully saturated rings. The monoisotopic (exact) mass is 247 g/mol. The van der Waals surface area contributed by atoms with Crippen LogP contribution in [0.5, 0.6) is 0 Å². The fourth-order valence-electron chi connectivity index (χ4n) is 0.840. The third kappa shape index (κ3) is 7.10. The Morgan fingerprint density at radius 2 is 2.38 bits per heavy atom. The molecule has 1 atom stereocenters. The van der Waals surface area contributed by atoms with Crippen molar-refractivity contribution in [2.24, 2.45) is 10.7 Å².